The van der Waals surface area contributed by atoms with E-state index in [0.717, 1.165) is 24.3 Å². The molecule has 0 aromatic heterocycles. The molecule has 1 saturated carbocycles. The number of nitrogens with zero attached hydrogens (tertiary/aromatic N) is 2. The van der Waals surface area contributed by atoms with E-state index in [4.69, 9.17) is 4.74 Å². The van der Waals surface area contributed by atoms with E-state index >= 15 is 0 Å². The molecule has 2 saturated heterocycles. The highest BCUT2D eigenvalue weighted by atomic mass is 19.4. The molecule has 0 radical (unpaired) electrons. The quantitative estimate of drug-likeness (QED) is 0.606. The van der Waals surface area contributed by atoms with Crippen molar-refractivity contribution in [3.05, 3.63) is 29.8 Å². The van der Waals surface area contributed by atoms with E-state index in [1.165, 1.54) is 4.90 Å². The van der Waals surface area contributed by atoms with Crippen LogP contribution in [0.2, 0.25) is 0 Å². The molecule has 3 fully saturated rings. The third-order valence-corrected chi connectivity index (χ3v) is 7.50. The number of alkyl halides is 3. The first kappa shape index (κ1) is 24.8. The Kier molecular flexibility index (Phi) is 6.42. The van der Waals surface area contributed by atoms with Gasteiger partial charge in [0.2, 0.25) is 11.8 Å². The standard InChI is InChI=1S/C24H27F3N4O4/c1-23(2)17-11-31(18(32)12-35-16-5-3-14(4-6-16)24(25,26)27)20(19(17)23)22(34)30-15(10-28)9-13-7-8-29-21(13)33/h3-6,13,15,17,19-20H,7-9,11-12H2,1-2H3,(H,29,33)(H,30,34)/t13-,15-,17-,19-,20-/m0/s1. The van der Waals surface area contributed by atoms with E-state index in [2.05, 4.69) is 10.6 Å². The van der Waals surface area contributed by atoms with Crippen molar-refractivity contribution in [3.63, 3.8) is 0 Å². The Morgan fingerprint density at radius 1 is 1.31 bits per heavy atom. The maximum atomic E-state index is 13.2. The zero-order valence-corrected chi connectivity index (χ0v) is 19.4. The second-order valence-electron chi connectivity index (χ2n) is 9.96. The van der Waals surface area contributed by atoms with Crippen molar-refractivity contribution in [2.75, 3.05) is 19.7 Å². The first-order valence-corrected chi connectivity index (χ1v) is 11.5. The molecule has 1 aromatic carbocycles. The van der Waals surface area contributed by atoms with E-state index in [9.17, 15) is 32.8 Å². The number of halogens is 3. The van der Waals surface area contributed by atoms with Crippen LogP contribution >= 0.6 is 0 Å². The first-order valence-electron chi connectivity index (χ1n) is 11.5. The number of piperidine rings is 1. The SMILES string of the molecule is CC1(C)[C@@H]2[C@@H](C(=O)N[C@H](C#N)C[C@@H]3CCNC3=O)N(C(=O)COc3ccc(C(F)(F)F)cc3)C[C@@H]21. The van der Waals surface area contributed by atoms with Gasteiger partial charge in [-0.2, -0.15) is 18.4 Å². The van der Waals surface area contributed by atoms with Gasteiger partial charge in [-0.25, -0.2) is 0 Å². The summed E-state index contributed by atoms with van der Waals surface area (Å²) in [5, 5.41) is 14.9. The third kappa shape index (κ3) is 4.92. The zero-order chi connectivity index (χ0) is 25.5. The number of fused-ring (bicyclic) bond motifs is 1. The van der Waals surface area contributed by atoms with E-state index in [1.54, 1.807) is 0 Å². The molecule has 3 aliphatic rings. The van der Waals surface area contributed by atoms with Crippen molar-refractivity contribution in [3.8, 4) is 11.8 Å². The highest BCUT2D eigenvalue weighted by Gasteiger charge is 2.69. The predicted octanol–water partition coefficient (Wildman–Crippen LogP) is 2.10. The van der Waals surface area contributed by atoms with Gasteiger partial charge in [0, 0.05) is 19.0 Å². The normalized spacial score (nSPS) is 27.4. The van der Waals surface area contributed by atoms with Crippen molar-refractivity contribution in [1.29, 1.82) is 5.26 Å². The van der Waals surface area contributed by atoms with Crippen LogP contribution in [0.5, 0.6) is 5.75 Å². The van der Waals surface area contributed by atoms with Gasteiger partial charge in [0.05, 0.1) is 11.6 Å². The second kappa shape index (κ2) is 9.06. The van der Waals surface area contributed by atoms with Crippen molar-refractivity contribution in [2.45, 2.75) is 44.9 Å². The molecule has 2 heterocycles. The predicted molar refractivity (Wildman–Crippen MR) is 116 cm³/mol. The lowest BCUT2D eigenvalue weighted by Gasteiger charge is -2.30. The Morgan fingerprint density at radius 3 is 2.57 bits per heavy atom. The third-order valence-electron chi connectivity index (χ3n) is 7.50. The van der Waals surface area contributed by atoms with Gasteiger partial charge in [-0.15, -0.1) is 0 Å². The van der Waals surface area contributed by atoms with Crippen LogP contribution in [0, 0.1) is 34.5 Å². The number of benzene rings is 1. The molecule has 1 aromatic rings. The van der Waals surface area contributed by atoms with Crippen LogP contribution in [0.25, 0.3) is 0 Å². The number of nitriles is 1. The summed E-state index contributed by atoms with van der Waals surface area (Å²) >= 11 is 0. The molecule has 0 unspecified atom stereocenters. The second-order valence-corrected chi connectivity index (χ2v) is 9.96. The molecule has 35 heavy (non-hydrogen) atoms. The maximum absolute atomic E-state index is 13.2. The summed E-state index contributed by atoms with van der Waals surface area (Å²) in [5.74, 6) is -1.24. The van der Waals surface area contributed by atoms with Gasteiger partial charge in [-0.3, -0.25) is 14.4 Å². The van der Waals surface area contributed by atoms with E-state index in [1.807, 2.05) is 19.9 Å². The molecule has 0 spiro atoms. The number of rotatable bonds is 7. The monoisotopic (exact) mass is 492 g/mol. The van der Waals surface area contributed by atoms with Gasteiger partial charge in [0.15, 0.2) is 6.61 Å². The topological polar surface area (TPSA) is 112 Å². The molecular weight excluding hydrogens is 465 g/mol. The van der Waals surface area contributed by atoms with Gasteiger partial charge in [0.1, 0.15) is 17.8 Å². The fourth-order valence-electron chi connectivity index (χ4n) is 5.37. The summed E-state index contributed by atoms with van der Waals surface area (Å²) in [6, 6.07) is 4.41. The average Bonchev–Trinajstić information content (AvgIpc) is 3.16. The lowest BCUT2D eigenvalue weighted by atomic mass is 9.97. The summed E-state index contributed by atoms with van der Waals surface area (Å²) in [5.41, 5.74) is -0.961. The molecule has 188 valence electrons. The van der Waals surface area contributed by atoms with Crippen LogP contribution in [0.4, 0.5) is 13.2 Å². The summed E-state index contributed by atoms with van der Waals surface area (Å²) in [4.78, 5) is 39.4. The summed E-state index contributed by atoms with van der Waals surface area (Å²) in [6.45, 7) is 4.51. The number of amides is 3. The highest BCUT2D eigenvalue weighted by Crippen LogP contribution is 2.64. The minimum absolute atomic E-state index is 0.0772. The molecule has 11 heteroatoms. The summed E-state index contributed by atoms with van der Waals surface area (Å²) in [7, 11) is 0. The zero-order valence-electron chi connectivity index (χ0n) is 19.4. The van der Waals surface area contributed by atoms with Crippen LogP contribution in [0.1, 0.15) is 32.3 Å². The van der Waals surface area contributed by atoms with Crippen LogP contribution < -0.4 is 15.4 Å². The minimum atomic E-state index is -4.47. The number of hydrogen-bond acceptors (Lipinski definition) is 5. The molecule has 8 nitrogen and oxygen atoms in total. The van der Waals surface area contributed by atoms with Gasteiger partial charge in [-0.05, 0) is 54.4 Å². The maximum Gasteiger partial charge on any atom is 0.416 e. The lowest BCUT2D eigenvalue weighted by Crippen LogP contribution is -2.53. The van der Waals surface area contributed by atoms with Crippen LogP contribution in [0.3, 0.4) is 0 Å². The lowest BCUT2D eigenvalue weighted by molar-refractivity contribution is -0.142. The fraction of sp³-hybridized carbons (Fsp3) is 0.583. The van der Waals surface area contributed by atoms with E-state index in [-0.39, 0.29) is 41.2 Å². The smallest absolute Gasteiger partial charge is 0.416 e. The Bertz CT molecular complexity index is 1050. The molecule has 3 amide bonds. The molecule has 0 bridgehead atoms. The van der Waals surface area contributed by atoms with Crippen molar-refractivity contribution < 1.29 is 32.3 Å². The molecular formula is C24H27F3N4O4. The fourth-order valence-corrected chi connectivity index (χ4v) is 5.37. The van der Waals surface area contributed by atoms with E-state index < -0.39 is 42.2 Å². The molecule has 2 N–H and O–H groups in total. The summed E-state index contributed by atoms with van der Waals surface area (Å²) < 4.78 is 43.6. The van der Waals surface area contributed by atoms with Gasteiger partial charge in [0.25, 0.3) is 5.91 Å². The van der Waals surface area contributed by atoms with Gasteiger partial charge < -0.3 is 20.3 Å². The average molecular weight is 492 g/mol. The number of carbonyl (C=O) groups is 3. The van der Waals surface area contributed by atoms with Crippen LogP contribution in [-0.2, 0) is 20.6 Å². The van der Waals surface area contributed by atoms with Crippen molar-refractivity contribution in [1.82, 2.24) is 15.5 Å². The molecule has 1 aliphatic carbocycles. The summed E-state index contributed by atoms with van der Waals surface area (Å²) in [6.07, 6.45) is -3.68. The number of carbonyl (C=O) groups excluding carboxylic acids is 3. The molecule has 2 aliphatic heterocycles. The van der Waals surface area contributed by atoms with Crippen LogP contribution in [0.15, 0.2) is 24.3 Å². The highest BCUT2D eigenvalue weighted by molar-refractivity contribution is 5.90. The Balaban J connectivity index is 1.39. The molecule has 4 rings (SSSR count). The Morgan fingerprint density at radius 2 is 2.00 bits per heavy atom. The number of hydrogen-bond donors (Lipinski definition) is 2. The molecule has 5 atom stereocenters. The number of nitrogens with one attached hydrogen (secondary N) is 2. The van der Waals surface area contributed by atoms with Gasteiger partial charge >= 0.3 is 6.18 Å². The Hall–Kier alpha value is -3.29. The number of ether oxygens (including phenoxy) is 1. The van der Waals surface area contributed by atoms with Crippen molar-refractivity contribution >= 4 is 17.7 Å². The van der Waals surface area contributed by atoms with Gasteiger partial charge in [-0.1, -0.05) is 13.8 Å². The first-order chi connectivity index (χ1) is 16.4. The van der Waals surface area contributed by atoms with Crippen molar-refractivity contribution in [2.24, 2.45) is 23.2 Å². The Labute approximate surface area is 200 Å². The van der Waals surface area contributed by atoms with Crippen LogP contribution in [-0.4, -0.2) is 54.4 Å². The minimum Gasteiger partial charge on any atom is -0.484 e. The number of likely N-dealkylation sites (tertiary alicyclic amines) is 1. The largest absolute Gasteiger partial charge is 0.484 e. The van der Waals surface area contributed by atoms with E-state index in [0.29, 0.717) is 19.5 Å².